The van der Waals surface area contributed by atoms with E-state index in [1.165, 1.54) is 13.4 Å². The molecule has 0 amide bonds. The molecule has 1 aromatic rings. The van der Waals surface area contributed by atoms with Gasteiger partial charge < -0.3 is 18.6 Å². The molecule has 8 nitrogen and oxygen atoms in total. The quantitative estimate of drug-likeness (QED) is 0.482. The number of methoxy groups -OCH3 is 1. The fraction of sp³-hybridized carbons (Fsp3) is 0.680. The van der Waals surface area contributed by atoms with Crippen molar-refractivity contribution in [2.75, 3.05) is 7.11 Å². The van der Waals surface area contributed by atoms with E-state index in [1.807, 2.05) is 20.8 Å². The lowest BCUT2D eigenvalue weighted by molar-refractivity contribution is -0.210. The molecule has 1 saturated heterocycles. The Labute approximate surface area is 193 Å². The molecule has 0 unspecified atom stereocenters. The van der Waals surface area contributed by atoms with Gasteiger partial charge in [0.1, 0.15) is 6.10 Å². The molecule has 1 aromatic heterocycles. The molecule has 2 saturated carbocycles. The molecule has 33 heavy (non-hydrogen) atoms. The number of cyclic esters (lactones) is 1. The second-order valence-corrected chi connectivity index (χ2v) is 10.2. The highest BCUT2D eigenvalue weighted by Crippen LogP contribution is 2.65. The highest BCUT2D eigenvalue weighted by molar-refractivity contribution is 5.93. The number of Topliss-reactive ketones (excluding diaryl/α,β-unsaturated/α-hetero) is 1. The maximum absolute atomic E-state index is 13.9. The summed E-state index contributed by atoms with van der Waals surface area (Å²) in [5.41, 5.74) is -0.764. The summed E-state index contributed by atoms with van der Waals surface area (Å²) in [7, 11) is 1.33. The third-order valence-electron chi connectivity index (χ3n) is 8.23. The van der Waals surface area contributed by atoms with Gasteiger partial charge in [0.2, 0.25) is 0 Å². The van der Waals surface area contributed by atoms with E-state index in [9.17, 15) is 19.2 Å². The molecule has 1 aliphatic heterocycles. The third kappa shape index (κ3) is 3.77. The Bertz CT molecular complexity index is 936. The van der Waals surface area contributed by atoms with Crippen LogP contribution in [0.25, 0.3) is 0 Å². The van der Waals surface area contributed by atoms with Crippen LogP contribution in [-0.4, -0.2) is 36.9 Å². The Hall–Kier alpha value is -2.64. The number of hydrogen-bond donors (Lipinski definition) is 0. The number of furan rings is 1. The normalized spacial score (nSPS) is 38.0. The van der Waals surface area contributed by atoms with Crippen molar-refractivity contribution in [2.24, 2.45) is 28.6 Å². The van der Waals surface area contributed by atoms with Gasteiger partial charge in [0.25, 0.3) is 0 Å². The lowest BCUT2D eigenvalue weighted by atomic mass is 9.43. The molecule has 7 atom stereocenters. The first-order chi connectivity index (χ1) is 15.7. The third-order valence-corrected chi connectivity index (χ3v) is 8.23. The number of esters is 3. The van der Waals surface area contributed by atoms with E-state index in [0.29, 0.717) is 25.7 Å². The molecule has 0 N–H and O–H groups in total. The first kappa shape index (κ1) is 23.5. The van der Waals surface area contributed by atoms with Gasteiger partial charge in [-0.05, 0) is 42.6 Å². The zero-order chi connectivity index (χ0) is 24.0. The summed E-state index contributed by atoms with van der Waals surface area (Å²) in [5, 5.41) is 0. The minimum absolute atomic E-state index is 0.102. The van der Waals surface area contributed by atoms with Crippen LogP contribution in [0.1, 0.15) is 71.0 Å². The van der Waals surface area contributed by atoms with Gasteiger partial charge in [-0.3, -0.25) is 19.2 Å². The average molecular weight is 461 g/mol. The number of carbonyl (C=O) groups excluding carboxylic acids is 4. The number of rotatable bonds is 5. The van der Waals surface area contributed by atoms with Crippen molar-refractivity contribution in [2.45, 2.75) is 71.5 Å². The lowest BCUT2D eigenvalue weighted by Crippen LogP contribution is -2.64. The van der Waals surface area contributed by atoms with Crippen molar-refractivity contribution in [3.05, 3.63) is 24.2 Å². The summed E-state index contributed by atoms with van der Waals surface area (Å²) in [4.78, 5) is 52.2. The number of carbonyl (C=O) groups is 4. The second-order valence-electron chi connectivity index (χ2n) is 10.2. The minimum Gasteiger partial charge on any atom is -0.472 e. The Kier molecular flexibility index (Phi) is 6.14. The molecule has 3 aliphatic rings. The summed E-state index contributed by atoms with van der Waals surface area (Å²) in [5.74, 6) is -3.19. The van der Waals surface area contributed by atoms with Gasteiger partial charge in [0, 0.05) is 24.3 Å². The molecule has 0 bridgehead atoms. The van der Waals surface area contributed by atoms with Crippen LogP contribution >= 0.6 is 0 Å². The molecule has 180 valence electrons. The summed E-state index contributed by atoms with van der Waals surface area (Å²) in [6.07, 6.45) is 3.81. The number of fused-ring (bicyclic) bond motifs is 3. The van der Waals surface area contributed by atoms with Gasteiger partial charge in [-0.1, -0.05) is 20.8 Å². The summed E-state index contributed by atoms with van der Waals surface area (Å²) < 4.78 is 21.6. The maximum Gasteiger partial charge on any atom is 0.310 e. The van der Waals surface area contributed by atoms with E-state index in [-0.39, 0.29) is 24.6 Å². The molecular formula is C25H32O8. The van der Waals surface area contributed by atoms with Crippen LogP contribution in [-0.2, 0) is 33.4 Å². The van der Waals surface area contributed by atoms with Crippen molar-refractivity contribution in [3.63, 3.8) is 0 Å². The zero-order valence-electron chi connectivity index (χ0n) is 19.6. The van der Waals surface area contributed by atoms with Crippen LogP contribution in [0, 0.1) is 28.6 Å². The Morgan fingerprint density at radius 3 is 2.61 bits per heavy atom. The number of ketones is 1. The molecule has 0 aromatic carbocycles. The molecule has 0 spiro atoms. The molecule has 8 heteroatoms. The summed E-state index contributed by atoms with van der Waals surface area (Å²) in [6, 6.07) is 1.75. The van der Waals surface area contributed by atoms with Crippen LogP contribution in [0.3, 0.4) is 0 Å². The van der Waals surface area contributed by atoms with Gasteiger partial charge >= 0.3 is 17.9 Å². The minimum atomic E-state index is -1.04. The Balaban J connectivity index is 1.76. The van der Waals surface area contributed by atoms with Gasteiger partial charge in [0.05, 0.1) is 31.5 Å². The fourth-order valence-electron chi connectivity index (χ4n) is 6.68. The molecule has 3 fully saturated rings. The van der Waals surface area contributed by atoms with E-state index in [2.05, 4.69) is 0 Å². The van der Waals surface area contributed by atoms with E-state index in [4.69, 9.17) is 18.6 Å². The van der Waals surface area contributed by atoms with Crippen LogP contribution in [0.15, 0.2) is 23.0 Å². The SMILES string of the molecule is CCCC(=O)O[C@@H]1C[C@@H](C(=O)OC)[C@]2(C)CC[C@H]3C(=O)O[C@@H](c4ccoc4)C[C@]3(C)[C@H]2C1=O. The average Bonchev–Trinajstić information content (AvgIpc) is 3.29. The van der Waals surface area contributed by atoms with Crippen molar-refractivity contribution in [1.82, 2.24) is 0 Å². The first-order valence-electron chi connectivity index (χ1n) is 11.7. The second kappa shape index (κ2) is 8.61. The van der Waals surface area contributed by atoms with Crippen molar-refractivity contribution in [1.29, 1.82) is 0 Å². The number of hydrogen-bond acceptors (Lipinski definition) is 8. The predicted octanol–water partition coefficient (Wildman–Crippen LogP) is 3.78. The summed E-state index contributed by atoms with van der Waals surface area (Å²) >= 11 is 0. The first-order valence-corrected chi connectivity index (χ1v) is 11.7. The van der Waals surface area contributed by atoms with Crippen LogP contribution in [0.2, 0.25) is 0 Å². The molecular weight excluding hydrogens is 428 g/mol. The van der Waals surface area contributed by atoms with Crippen LogP contribution in [0.4, 0.5) is 0 Å². The fourth-order valence-corrected chi connectivity index (χ4v) is 6.68. The molecule has 2 heterocycles. The van der Waals surface area contributed by atoms with Gasteiger partial charge in [-0.2, -0.15) is 0 Å². The van der Waals surface area contributed by atoms with Crippen molar-refractivity contribution >= 4 is 23.7 Å². The standard InChI is InChI=1S/C25H32O8/c1-5-6-19(26)32-17-11-16(22(28)30-4)24(2)9-7-15-23(29)33-18(14-8-10-31-13-14)12-25(15,3)21(24)20(17)27/h8,10,13,15-18,21H,5-7,9,11-12H2,1-4H3/t15-,16-,17+,18+,21-,24-,25-/m0/s1. The predicted molar refractivity (Wildman–Crippen MR) is 115 cm³/mol. The highest BCUT2D eigenvalue weighted by atomic mass is 16.6. The smallest absolute Gasteiger partial charge is 0.310 e. The maximum atomic E-state index is 13.9. The topological polar surface area (TPSA) is 109 Å². The molecule has 2 aliphatic carbocycles. The van der Waals surface area contributed by atoms with E-state index >= 15 is 0 Å². The Morgan fingerprint density at radius 2 is 1.97 bits per heavy atom. The van der Waals surface area contributed by atoms with Crippen molar-refractivity contribution < 1.29 is 37.8 Å². The monoisotopic (exact) mass is 460 g/mol. The lowest BCUT2D eigenvalue weighted by Gasteiger charge is -2.61. The summed E-state index contributed by atoms with van der Waals surface area (Å²) in [6.45, 7) is 5.74. The van der Waals surface area contributed by atoms with Crippen LogP contribution in [0.5, 0.6) is 0 Å². The van der Waals surface area contributed by atoms with Gasteiger partial charge in [-0.25, -0.2) is 0 Å². The zero-order valence-corrected chi connectivity index (χ0v) is 19.6. The van der Waals surface area contributed by atoms with E-state index in [0.717, 1.165) is 5.56 Å². The molecule has 4 rings (SSSR count). The number of ether oxygens (including phenoxy) is 3. The van der Waals surface area contributed by atoms with Gasteiger partial charge in [-0.15, -0.1) is 0 Å². The van der Waals surface area contributed by atoms with Gasteiger partial charge in [0.15, 0.2) is 11.9 Å². The largest absolute Gasteiger partial charge is 0.472 e. The molecule has 0 radical (unpaired) electrons. The van der Waals surface area contributed by atoms with E-state index in [1.54, 1.807) is 12.3 Å². The highest BCUT2D eigenvalue weighted by Gasteiger charge is 2.67. The van der Waals surface area contributed by atoms with Crippen LogP contribution < -0.4 is 0 Å². The van der Waals surface area contributed by atoms with E-state index < -0.39 is 52.7 Å². The van der Waals surface area contributed by atoms with Crippen molar-refractivity contribution in [3.8, 4) is 0 Å². The Morgan fingerprint density at radius 1 is 1.21 bits per heavy atom.